The third kappa shape index (κ3) is 3.02. The molecule has 0 amide bonds. The lowest BCUT2D eigenvalue weighted by molar-refractivity contribution is 0.0131. The lowest BCUT2D eigenvalue weighted by atomic mass is 9.70. The maximum atomic E-state index is 11.5. The number of aliphatic hydroxyl groups is 1. The molecule has 100 valence electrons. The van der Waals surface area contributed by atoms with Gasteiger partial charge in [0.1, 0.15) is 0 Å². The summed E-state index contributed by atoms with van der Waals surface area (Å²) in [5, 5.41) is 10.1. The SMILES string of the molecule is CC(C)C1CCC(O)C(C2CCS(=O)(=O)C2)C1. The van der Waals surface area contributed by atoms with Crippen LogP contribution in [0, 0.1) is 23.7 Å². The van der Waals surface area contributed by atoms with E-state index in [4.69, 9.17) is 0 Å². The highest BCUT2D eigenvalue weighted by Crippen LogP contribution is 2.40. The third-order valence-corrected chi connectivity index (χ3v) is 6.51. The molecule has 2 fully saturated rings. The van der Waals surface area contributed by atoms with E-state index in [2.05, 4.69) is 13.8 Å². The predicted molar refractivity (Wildman–Crippen MR) is 68.4 cm³/mol. The van der Waals surface area contributed by atoms with E-state index in [0.29, 0.717) is 23.3 Å². The van der Waals surface area contributed by atoms with Crippen LogP contribution in [0.4, 0.5) is 0 Å². The first-order valence-electron chi connectivity index (χ1n) is 6.77. The average molecular weight is 260 g/mol. The Morgan fingerprint density at radius 3 is 2.41 bits per heavy atom. The molecule has 0 spiro atoms. The normalized spacial score (nSPS) is 41.9. The van der Waals surface area contributed by atoms with Crippen molar-refractivity contribution in [1.82, 2.24) is 0 Å². The minimum Gasteiger partial charge on any atom is -0.393 e. The summed E-state index contributed by atoms with van der Waals surface area (Å²) in [5.74, 6) is 2.35. The van der Waals surface area contributed by atoms with Crippen molar-refractivity contribution >= 4 is 9.84 Å². The summed E-state index contributed by atoms with van der Waals surface area (Å²) in [6.45, 7) is 4.45. The van der Waals surface area contributed by atoms with E-state index < -0.39 is 9.84 Å². The quantitative estimate of drug-likeness (QED) is 0.824. The van der Waals surface area contributed by atoms with Gasteiger partial charge in [-0.05, 0) is 49.4 Å². The molecule has 1 heterocycles. The summed E-state index contributed by atoms with van der Waals surface area (Å²) >= 11 is 0. The molecule has 1 saturated carbocycles. The van der Waals surface area contributed by atoms with Crippen LogP contribution >= 0.6 is 0 Å². The molecule has 1 N–H and O–H groups in total. The van der Waals surface area contributed by atoms with E-state index in [0.717, 1.165) is 25.7 Å². The molecule has 4 heteroatoms. The summed E-state index contributed by atoms with van der Waals surface area (Å²) < 4.78 is 23.0. The minimum absolute atomic E-state index is 0.205. The van der Waals surface area contributed by atoms with E-state index >= 15 is 0 Å². The molecule has 0 aromatic rings. The highest BCUT2D eigenvalue weighted by Gasteiger charge is 2.40. The Morgan fingerprint density at radius 2 is 1.88 bits per heavy atom. The Bertz CT molecular complexity index is 361. The number of hydrogen-bond donors (Lipinski definition) is 1. The van der Waals surface area contributed by atoms with Crippen molar-refractivity contribution in [2.75, 3.05) is 11.5 Å². The Morgan fingerprint density at radius 1 is 1.18 bits per heavy atom. The summed E-state index contributed by atoms with van der Waals surface area (Å²) in [5.41, 5.74) is 0. The number of hydrogen-bond acceptors (Lipinski definition) is 3. The second-order valence-electron chi connectivity index (χ2n) is 6.21. The van der Waals surface area contributed by atoms with Gasteiger partial charge in [0.15, 0.2) is 9.84 Å². The molecule has 1 aliphatic heterocycles. The van der Waals surface area contributed by atoms with Gasteiger partial charge >= 0.3 is 0 Å². The average Bonchev–Trinajstić information content (AvgIpc) is 2.59. The van der Waals surface area contributed by atoms with Crippen molar-refractivity contribution in [3.8, 4) is 0 Å². The molecule has 17 heavy (non-hydrogen) atoms. The van der Waals surface area contributed by atoms with Crippen LogP contribution in [0.1, 0.15) is 39.5 Å². The van der Waals surface area contributed by atoms with Gasteiger partial charge in [-0.15, -0.1) is 0 Å². The fraction of sp³-hybridized carbons (Fsp3) is 1.00. The standard InChI is InChI=1S/C13H24O3S/c1-9(2)10-3-4-13(14)12(7-10)11-5-6-17(15,16)8-11/h9-14H,3-8H2,1-2H3. The van der Waals surface area contributed by atoms with Gasteiger partial charge in [-0.3, -0.25) is 0 Å². The summed E-state index contributed by atoms with van der Waals surface area (Å²) in [7, 11) is -2.82. The topological polar surface area (TPSA) is 54.4 Å². The second-order valence-corrected chi connectivity index (χ2v) is 8.44. The van der Waals surface area contributed by atoms with Crippen LogP contribution in [-0.2, 0) is 9.84 Å². The van der Waals surface area contributed by atoms with Crippen LogP contribution in [0.5, 0.6) is 0 Å². The highest BCUT2D eigenvalue weighted by molar-refractivity contribution is 7.91. The predicted octanol–water partition coefficient (Wildman–Crippen LogP) is 1.85. The molecule has 3 nitrogen and oxygen atoms in total. The summed E-state index contributed by atoms with van der Waals surface area (Å²) in [6.07, 6.45) is 3.44. The Kier molecular flexibility index (Phi) is 3.83. The molecule has 0 bridgehead atoms. The first-order chi connectivity index (χ1) is 7.89. The van der Waals surface area contributed by atoms with E-state index in [9.17, 15) is 13.5 Å². The highest BCUT2D eigenvalue weighted by atomic mass is 32.2. The Hall–Kier alpha value is -0.0900. The van der Waals surface area contributed by atoms with Crippen molar-refractivity contribution in [2.45, 2.75) is 45.6 Å². The first kappa shape index (κ1) is 13.3. The van der Waals surface area contributed by atoms with Crippen LogP contribution in [0.2, 0.25) is 0 Å². The Balaban J connectivity index is 2.03. The molecule has 1 saturated heterocycles. The van der Waals surface area contributed by atoms with E-state index in [1.807, 2.05) is 0 Å². The van der Waals surface area contributed by atoms with Crippen molar-refractivity contribution in [3.63, 3.8) is 0 Å². The second kappa shape index (κ2) is 4.88. The molecule has 4 unspecified atom stereocenters. The summed E-state index contributed by atoms with van der Waals surface area (Å²) in [6, 6.07) is 0. The lowest BCUT2D eigenvalue weighted by Crippen LogP contribution is -2.36. The molecular formula is C13H24O3S. The van der Waals surface area contributed by atoms with Gasteiger partial charge in [0.2, 0.25) is 0 Å². The van der Waals surface area contributed by atoms with Crippen molar-refractivity contribution in [3.05, 3.63) is 0 Å². The smallest absolute Gasteiger partial charge is 0.150 e. The van der Waals surface area contributed by atoms with Gasteiger partial charge in [-0.25, -0.2) is 8.42 Å². The third-order valence-electron chi connectivity index (χ3n) is 4.72. The number of sulfone groups is 1. The van der Waals surface area contributed by atoms with Crippen molar-refractivity contribution < 1.29 is 13.5 Å². The van der Waals surface area contributed by atoms with Crippen molar-refractivity contribution in [1.29, 1.82) is 0 Å². The van der Waals surface area contributed by atoms with Gasteiger partial charge in [-0.2, -0.15) is 0 Å². The fourth-order valence-corrected chi connectivity index (χ4v) is 5.39. The van der Waals surface area contributed by atoms with Crippen LogP contribution in [0.25, 0.3) is 0 Å². The number of rotatable bonds is 2. The molecule has 0 radical (unpaired) electrons. The van der Waals surface area contributed by atoms with Gasteiger partial charge in [0, 0.05) is 0 Å². The minimum atomic E-state index is -2.82. The molecule has 0 aromatic carbocycles. The zero-order valence-electron chi connectivity index (χ0n) is 10.8. The molecule has 2 rings (SSSR count). The lowest BCUT2D eigenvalue weighted by Gasteiger charge is -2.38. The summed E-state index contributed by atoms with van der Waals surface area (Å²) in [4.78, 5) is 0. The van der Waals surface area contributed by atoms with Crippen LogP contribution < -0.4 is 0 Å². The van der Waals surface area contributed by atoms with E-state index in [1.54, 1.807) is 0 Å². The Labute approximate surface area is 105 Å². The largest absolute Gasteiger partial charge is 0.393 e. The van der Waals surface area contributed by atoms with Gasteiger partial charge < -0.3 is 5.11 Å². The van der Waals surface area contributed by atoms with Gasteiger partial charge in [0.05, 0.1) is 17.6 Å². The van der Waals surface area contributed by atoms with E-state index in [1.165, 1.54) is 0 Å². The van der Waals surface area contributed by atoms with Crippen LogP contribution in [0.3, 0.4) is 0 Å². The maximum absolute atomic E-state index is 11.5. The van der Waals surface area contributed by atoms with Gasteiger partial charge in [0.25, 0.3) is 0 Å². The van der Waals surface area contributed by atoms with Crippen molar-refractivity contribution in [2.24, 2.45) is 23.7 Å². The monoisotopic (exact) mass is 260 g/mol. The molecule has 0 aromatic heterocycles. The molecule has 2 aliphatic rings. The van der Waals surface area contributed by atoms with Crippen LogP contribution in [-0.4, -0.2) is 31.1 Å². The molecular weight excluding hydrogens is 236 g/mol. The fourth-order valence-electron chi connectivity index (χ4n) is 3.50. The van der Waals surface area contributed by atoms with E-state index in [-0.39, 0.29) is 17.9 Å². The molecule has 4 atom stereocenters. The zero-order valence-corrected chi connectivity index (χ0v) is 11.6. The van der Waals surface area contributed by atoms with Gasteiger partial charge in [-0.1, -0.05) is 13.8 Å². The number of aliphatic hydroxyl groups excluding tert-OH is 1. The first-order valence-corrected chi connectivity index (χ1v) is 8.59. The maximum Gasteiger partial charge on any atom is 0.150 e. The van der Waals surface area contributed by atoms with Crippen LogP contribution in [0.15, 0.2) is 0 Å². The zero-order chi connectivity index (χ0) is 12.6. The molecule has 1 aliphatic carbocycles.